The molecule has 1 heterocycles. The van der Waals surface area contributed by atoms with E-state index in [1.165, 1.54) is 41.9 Å². The van der Waals surface area contributed by atoms with Gasteiger partial charge in [-0.15, -0.1) is 24.5 Å². The van der Waals surface area contributed by atoms with E-state index in [2.05, 4.69) is 14.7 Å². The number of hydrogen-bond donors (Lipinski definition) is 0. The van der Waals surface area contributed by atoms with Crippen LogP contribution in [0, 0.1) is 0 Å². The van der Waals surface area contributed by atoms with Crippen LogP contribution in [0.5, 0.6) is 5.75 Å². The first-order valence-electron chi connectivity index (χ1n) is 4.94. The van der Waals surface area contributed by atoms with Gasteiger partial charge in [0.1, 0.15) is 5.69 Å². The SMILES string of the molecule is FC(F)(F)Oc1ccccc1/N=C/c1cnc(Cl)s1. The molecule has 1 aromatic carbocycles. The summed E-state index contributed by atoms with van der Waals surface area (Å²) in [4.78, 5) is 8.36. The molecule has 19 heavy (non-hydrogen) atoms. The summed E-state index contributed by atoms with van der Waals surface area (Å²) in [5.41, 5.74) is 0.0735. The quantitative estimate of drug-likeness (QED) is 0.785. The molecule has 0 bridgehead atoms. The molecule has 2 rings (SSSR count). The second-order valence-electron chi connectivity index (χ2n) is 3.29. The third-order valence-corrected chi connectivity index (χ3v) is 2.97. The van der Waals surface area contributed by atoms with Gasteiger partial charge in [-0.2, -0.15) is 0 Å². The molecule has 0 spiro atoms. The average molecular weight is 307 g/mol. The smallest absolute Gasteiger partial charge is 0.403 e. The van der Waals surface area contributed by atoms with Gasteiger partial charge in [0, 0.05) is 12.4 Å². The molecule has 0 atom stereocenters. The fourth-order valence-electron chi connectivity index (χ4n) is 1.23. The lowest BCUT2D eigenvalue weighted by molar-refractivity contribution is -0.274. The number of rotatable bonds is 3. The minimum absolute atomic E-state index is 0.0735. The molecule has 0 N–H and O–H groups in total. The number of nitrogens with zero attached hydrogens (tertiary/aromatic N) is 2. The third kappa shape index (κ3) is 4.22. The van der Waals surface area contributed by atoms with Crippen LogP contribution in [0.2, 0.25) is 4.47 Å². The summed E-state index contributed by atoms with van der Waals surface area (Å²) >= 11 is 6.80. The van der Waals surface area contributed by atoms with Crippen molar-refractivity contribution in [3.05, 3.63) is 39.8 Å². The van der Waals surface area contributed by atoms with Crippen LogP contribution < -0.4 is 4.74 Å². The van der Waals surface area contributed by atoms with E-state index in [9.17, 15) is 13.2 Å². The molecule has 0 aliphatic rings. The van der Waals surface area contributed by atoms with Crippen molar-refractivity contribution in [2.45, 2.75) is 6.36 Å². The van der Waals surface area contributed by atoms with Gasteiger partial charge in [0.15, 0.2) is 10.2 Å². The Labute approximate surface area is 115 Å². The van der Waals surface area contributed by atoms with E-state index in [4.69, 9.17) is 11.6 Å². The molecule has 8 heteroatoms. The van der Waals surface area contributed by atoms with E-state index in [1.54, 1.807) is 6.07 Å². The lowest BCUT2D eigenvalue weighted by Gasteiger charge is -2.10. The second-order valence-corrected chi connectivity index (χ2v) is 4.93. The van der Waals surface area contributed by atoms with E-state index in [-0.39, 0.29) is 11.4 Å². The molecule has 0 fully saturated rings. The van der Waals surface area contributed by atoms with Crippen molar-refractivity contribution < 1.29 is 17.9 Å². The Morgan fingerprint density at radius 2 is 2.05 bits per heavy atom. The van der Waals surface area contributed by atoms with Crippen molar-refractivity contribution >= 4 is 34.8 Å². The van der Waals surface area contributed by atoms with Crippen LogP contribution in [0.25, 0.3) is 0 Å². The number of ether oxygens (including phenoxy) is 1. The van der Waals surface area contributed by atoms with E-state index >= 15 is 0 Å². The Balaban J connectivity index is 2.22. The van der Waals surface area contributed by atoms with Crippen LogP contribution in [-0.2, 0) is 0 Å². The van der Waals surface area contributed by atoms with Crippen molar-refractivity contribution in [2.24, 2.45) is 4.99 Å². The molecule has 0 amide bonds. The van der Waals surface area contributed by atoms with Crippen molar-refractivity contribution in [2.75, 3.05) is 0 Å². The topological polar surface area (TPSA) is 34.5 Å². The van der Waals surface area contributed by atoms with Gasteiger partial charge < -0.3 is 4.74 Å². The summed E-state index contributed by atoms with van der Waals surface area (Å²) in [6, 6.07) is 5.61. The summed E-state index contributed by atoms with van der Waals surface area (Å²) in [7, 11) is 0. The molecule has 1 aromatic heterocycles. The minimum atomic E-state index is -4.75. The number of aromatic nitrogens is 1. The van der Waals surface area contributed by atoms with Crippen LogP contribution >= 0.6 is 22.9 Å². The maximum Gasteiger partial charge on any atom is 0.573 e. The molecule has 3 nitrogen and oxygen atoms in total. The van der Waals surface area contributed by atoms with Gasteiger partial charge in [-0.3, -0.25) is 4.99 Å². The van der Waals surface area contributed by atoms with Crippen LogP contribution in [0.4, 0.5) is 18.9 Å². The van der Waals surface area contributed by atoms with Crippen molar-refractivity contribution in [1.29, 1.82) is 0 Å². The second kappa shape index (κ2) is 5.58. The summed E-state index contributed by atoms with van der Waals surface area (Å²) in [6.45, 7) is 0. The number of alkyl halides is 3. The zero-order valence-electron chi connectivity index (χ0n) is 9.19. The van der Waals surface area contributed by atoms with Crippen LogP contribution in [0.1, 0.15) is 4.88 Å². The van der Waals surface area contributed by atoms with Gasteiger partial charge >= 0.3 is 6.36 Å². The fraction of sp³-hybridized carbons (Fsp3) is 0.0909. The van der Waals surface area contributed by atoms with Crippen molar-refractivity contribution in [3.63, 3.8) is 0 Å². The number of thiazole rings is 1. The Kier molecular flexibility index (Phi) is 4.06. The van der Waals surface area contributed by atoms with Gasteiger partial charge in [-0.25, -0.2) is 4.98 Å². The number of aliphatic imine (C=N–C) groups is 1. The Morgan fingerprint density at radius 3 is 2.68 bits per heavy atom. The zero-order valence-corrected chi connectivity index (χ0v) is 10.8. The van der Waals surface area contributed by atoms with E-state index < -0.39 is 6.36 Å². The zero-order chi connectivity index (χ0) is 13.9. The molecule has 0 saturated heterocycles. The van der Waals surface area contributed by atoms with Crippen LogP contribution in [-0.4, -0.2) is 17.6 Å². The number of benzene rings is 1. The standard InChI is InChI=1S/C11H6ClF3N2OS/c12-10-17-6-7(19-10)5-16-8-3-1-2-4-9(8)18-11(13,14)15/h1-6H/b16-5+. The van der Waals surface area contributed by atoms with E-state index in [0.29, 0.717) is 9.34 Å². The summed E-state index contributed by atoms with van der Waals surface area (Å²) < 4.78 is 40.8. The number of halogens is 4. The van der Waals surface area contributed by atoms with Crippen LogP contribution in [0.3, 0.4) is 0 Å². The van der Waals surface area contributed by atoms with Gasteiger partial charge in [0.25, 0.3) is 0 Å². The van der Waals surface area contributed by atoms with Gasteiger partial charge in [-0.1, -0.05) is 23.7 Å². The predicted molar refractivity (Wildman–Crippen MR) is 67.5 cm³/mol. The largest absolute Gasteiger partial charge is 0.573 e. The first-order chi connectivity index (χ1) is 8.94. The number of para-hydroxylation sites is 2. The third-order valence-electron chi connectivity index (χ3n) is 1.92. The monoisotopic (exact) mass is 306 g/mol. The van der Waals surface area contributed by atoms with Gasteiger partial charge in [0.2, 0.25) is 0 Å². The summed E-state index contributed by atoms with van der Waals surface area (Å²) in [5.74, 6) is -0.359. The van der Waals surface area contributed by atoms with Crippen molar-refractivity contribution in [1.82, 2.24) is 4.98 Å². The molecule has 0 radical (unpaired) electrons. The molecular weight excluding hydrogens is 301 g/mol. The van der Waals surface area contributed by atoms with Gasteiger partial charge in [-0.05, 0) is 12.1 Å². The lowest BCUT2D eigenvalue weighted by atomic mass is 10.3. The average Bonchev–Trinajstić information content (AvgIpc) is 2.72. The van der Waals surface area contributed by atoms with E-state index in [1.807, 2.05) is 0 Å². The molecular formula is C11H6ClF3N2OS. The van der Waals surface area contributed by atoms with Gasteiger partial charge in [0.05, 0.1) is 4.88 Å². The Morgan fingerprint density at radius 1 is 1.32 bits per heavy atom. The molecule has 0 unspecified atom stereocenters. The van der Waals surface area contributed by atoms with Crippen molar-refractivity contribution in [3.8, 4) is 5.75 Å². The predicted octanol–water partition coefficient (Wildman–Crippen LogP) is 4.45. The highest BCUT2D eigenvalue weighted by Crippen LogP contribution is 2.32. The first-order valence-corrected chi connectivity index (χ1v) is 6.14. The Bertz CT molecular complexity index is 598. The van der Waals surface area contributed by atoms with Crippen LogP contribution in [0.15, 0.2) is 35.5 Å². The van der Waals surface area contributed by atoms with E-state index in [0.717, 1.165) is 0 Å². The molecule has 100 valence electrons. The minimum Gasteiger partial charge on any atom is -0.403 e. The lowest BCUT2D eigenvalue weighted by Crippen LogP contribution is -2.17. The number of hydrogen-bond acceptors (Lipinski definition) is 4. The highest BCUT2D eigenvalue weighted by atomic mass is 35.5. The molecule has 0 aliphatic heterocycles. The Hall–Kier alpha value is -1.60. The highest BCUT2D eigenvalue weighted by Gasteiger charge is 2.31. The first kappa shape index (κ1) is 13.8. The highest BCUT2D eigenvalue weighted by molar-refractivity contribution is 7.17. The fourth-order valence-corrected chi connectivity index (χ4v) is 2.06. The summed E-state index contributed by atoms with van der Waals surface area (Å²) in [5, 5.41) is 0. The molecule has 2 aromatic rings. The normalized spacial score (nSPS) is 12.0. The summed E-state index contributed by atoms with van der Waals surface area (Å²) in [6.07, 6.45) is -1.90. The maximum atomic E-state index is 12.2. The maximum absolute atomic E-state index is 12.2. The molecule has 0 aliphatic carbocycles. The molecule has 0 saturated carbocycles.